The second-order valence-electron chi connectivity index (χ2n) is 6.34. The fourth-order valence-corrected chi connectivity index (χ4v) is 5.44. The van der Waals surface area contributed by atoms with Gasteiger partial charge in [0.25, 0.3) is 0 Å². The third-order valence-electron chi connectivity index (χ3n) is 4.85. The second kappa shape index (κ2) is 7.23. The molecule has 8 heteroatoms. The van der Waals surface area contributed by atoms with Crippen molar-refractivity contribution in [3.05, 3.63) is 34.6 Å². The summed E-state index contributed by atoms with van der Waals surface area (Å²) in [5, 5.41) is -0.0511. The number of rotatable bonds is 3. The lowest BCUT2D eigenvalue weighted by molar-refractivity contribution is 0.260. The van der Waals surface area contributed by atoms with E-state index in [1.165, 1.54) is 18.2 Å². The molecule has 130 valence electrons. The molecule has 0 bridgehead atoms. The molecule has 1 saturated carbocycles. The van der Waals surface area contributed by atoms with Crippen molar-refractivity contribution in [2.75, 3.05) is 13.1 Å². The third kappa shape index (κ3) is 3.99. The van der Waals surface area contributed by atoms with E-state index in [0.29, 0.717) is 24.6 Å². The maximum Gasteiger partial charge on any atom is 0.218 e. The number of sulfonamides is 1. The number of fused-ring (bicyclic) bond motifs is 1. The van der Waals surface area contributed by atoms with Gasteiger partial charge in [-0.3, -0.25) is 0 Å². The highest BCUT2D eigenvalue weighted by Gasteiger charge is 2.42. The average molecular weight is 383 g/mol. The first-order valence-electron chi connectivity index (χ1n) is 7.54. The first kappa shape index (κ1) is 18.9. The molecule has 0 aromatic heterocycles. The molecule has 2 N–H and O–H groups in total. The van der Waals surface area contributed by atoms with Crippen LogP contribution in [-0.2, 0) is 15.8 Å². The van der Waals surface area contributed by atoms with Crippen LogP contribution < -0.4 is 5.73 Å². The molecule has 0 amide bonds. The Morgan fingerprint density at radius 1 is 1.30 bits per heavy atom. The van der Waals surface area contributed by atoms with E-state index < -0.39 is 15.8 Å². The van der Waals surface area contributed by atoms with Crippen LogP contribution in [0, 0.1) is 17.7 Å². The smallest absolute Gasteiger partial charge is 0.218 e. The molecule has 1 heterocycles. The summed E-state index contributed by atoms with van der Waals surface area (Å²) in [6, 6.07) is 4.14. The van der Waals surface area contributed by atoms with Gasteiger partial charge in [-0.05, 0) is 42.4 Å². The monoisotopic (exact) mass is 382 g/mol. The van der Waals surface area contributed by atoms with E-state index in [9.17, 15) is 12.8 Å². The minimum atomic E-state index is -3.43. The van der Waals surface area contributed by atoms with Gasteiger partial charge in [-0.2, -0.15) is 0 Å². The van der Waals surface area contributed by atoms with Gasteiger partial charge >= 0.3 is 0 Å². The van der Waals surface area contributed by atoms with Crippen molar-refractivity contribution in [1.82, 2.24) is 4.31 Å². The zero-order chi connectivity index (χ0) is 15.9. The van der Waals surface area contributed by atoms with E-state index >= 15 is 0 Å². The standard InChI is InChI=1S/C15H20ClFN2O2S.ClH/c16-13-6-10(4-5-14(13)17)9-22(20,21)19-7-11-2-1-3-15(18)12(11)8-19;/h4-6,11-12,15H,1-3,7-9,18H2;1H. The molecule has 1 aliphatic heterocycles. The van der Waals surface area contributed by atoms with Crippen molar-refractivity contribution in [1.29, 1.82) is 0 Å². The lowest BCUT2D eigenvalue weighted by Crippen LogP contribution is -2.38. The zero-order valence-corrected chi connectivity index (χ0v) is 15.0. The van der Waals surface area contributed by atoms with E-state index in [1.807, 2.05) is 0 Å². The number of nitrogens with two attached hydrogens (primary N) is 1. The van der Waals surface area contributed by atoms with E-state index in [0.717, 1.165) is 19.3 Å². The van der Waals surface area contributed by atoms with E-state index in [4.69, 9.17) is 17.3 Å². The van der Waals surface area contributed by atoms with Crippen molar-refractivity contribution in [2.24, 2.45) is 17.6 Å². The van der Waals surface area contributed by atoms with Crippen LogP contribution in [0.3, 0.4) is 0 Å². The Morgan fingerprint density at radius 2 is 2.04 bits per heavy atom. The van der Waals surface area contributed by atoms with Gasteiger partial charge in [-0.1, -0.05) is 24.1 Å². The second-order valence-corrected chi connectivity index (χ2v) is 8.72. The molecule has 23 heavy (non-hydrogen) atoms. The zero-order valence-electron chi connectivity index (χ0n) is 12.6. The molecule has 3 atom stereocenters. The highest BCUT2D eigenvalue weighted by atomic mass is 35.5. The summed E-state index contributed by atoms with van der Waals surface area (Å²) in [7, 11) is -3.43. The highest BCUT2D eigenvalue weighted by Crippen LogP contribution is 2.37. The van der Waals surface area contributed by atoms with Crippen LogP contribution in [0.4, 0.5) is 4.39 Å². The molecule has 2 aliphatic rings. The lowest BCUT2D eigenvalue weighted by atomic mass is 9.78. The summed E-state index contributed by atoms with van der Waals surface area (Å²) in [5.41, 5.74) is 6.64. The topological polar surface area (TPSA) is 63.4 Å². The van der Waals surface area contributed by atoms with Crippen LogP contribution in [0.25, 0.3) is 0 Å². The summed E-state index contributed by atoms with van der Waals surface area (Å²) < 4.78 is 39.9. The van der Waals surface area contributed by atoms with Gasteiger partial charge in [0.15, 0.2) is 0 Å². The van der Waals surface area contributed by atoms with Crippen LogP contribution in [0.1, 0.15) is 24.8 Å². The quantitative estimate of drug-likeness (QED) is 0.873. The predicted molar refractivity (Wildman–Crippen MR) is 91.7 cm³/mol. The van der Waals surface area contributed by atoms with Crippen molar-refractivity contribution in [2.45, 2.75) is 31.1 Å². The molecule has 1 aromatic rings. The van der Waals surface area contributed by atoms with Crippen molar-refractivity contribution >= 4 is 34.0 Å². The first-order valence-corrected chi connectivity index (χ1v) is 9.53. The van der Waals surface area contributed by atoms with Gasteiger partial charge in [-0.25, -0.2) is 17.1 Å². The van der Waals surface area contributed by atoms with Gasteiger partial charge in [0.2, 0.25) is 10.0 Å². The number of hydrogen-bond donors (Lipinski definition) is 1. The van der Waals surface area contributed by atoms with Gasteiger partial charge in [-0.15, -0.1) is 12.4 Å². The molecule has 3 rings (SSSR count). The molecule has 4 nitrogen and oxygen atoms in total. The van der Waals surface area contributed by atoms with Crippen molar-refractivity contribution < 1.29 is 12.8 Å². The summed E-state index contributed by atoms with van der Waals surface area (Å²) >= 11 is 5.72. The van der Waals surface area contributed by atoms with Gasteiger partial charge in [0.1, 0.15) is 5.82 Å². The Morgan fingerprint density at radius 3 is 2.70 bits per heavy atom. The number of halogens is 3. The molecule has 1 saturated heterocycles. The minimum absolute atomic E-state index is 0. The van der Waals surface area contributed by atoms with Crippen LogP contribution in [-0.4, -0.2) is 31.9 Å². The molecular weight excluding hydrogens is 362 g/mol. The molecule has 2 fully saturated rings. The number of nitrogens with zero attached hydrogens (tertiary/aromatic N) is 1. The van der Waals surface area contributed by atoms with E-state index in [2.05, 4.69) is 0 Å². The third-order valence-corrected chi connectivity index (χ3v) is 6.92. The van der Waals surface area contributed by atoms with E-state index in [-0.39, 0.29) is 35.1 Å². The summed E-state index contributed by atoms with van der Waals surface area (Å²) in [5.74, 6) is -0.0570. The fraction of sp³-hybridized carbons (Fsp3) is 0.600. The molecule has 1 aliphatic carbocycles. The van der Waals surface area contributed by atoms with Crippen LogP contribution in [0.2, 0.25) is 5.02 Å². The van der Waals surface area contributed by atoms with Gasteiger partial charge < -0.3 is 5.73 Å². The summed E-state index contributed by atoms with van der Waals surface area (Å²) in [6.07, 6.45) is 3.10. The SMILES string of the molecule is Cl.NC1CCCC2CN(S(=O)(=O)Cc3ccc(F)c(Cl)c3)CC12. The van der Waals surface area contributed by atoms with Crippen LogP contribution in [0.5, 0.6) is 0 Å². The largest absolute Gasteiger partial charge is 0.327 e. The molecule has 1 aromatic carbocycles. The Labute approximate surface area is 147 Å². The summed E-state index contributed by atoms with van der Waals surface area (Å²) in [6.45, 7) is 1.05. The number of hydrogen-bond acceptors (Lipinski definition) is 3. The maximum atomic E-state index is 13.2. The first-order chi connectivity index (χ1) is 10.4. The maximum absolute atomic E-state index is 13.2. The highest BCUT2D eigenvalue weighted by molar-refractivity contribution is 7.88. The molecular formula is C15H21Cl2FN2O2S. The Hall–Kier alpha value is -0.400. The minimum Gasteiger partial charge on any atom is -0.327 e. The van der Waals surface area contributed by atoms with Crippen LogP contribution in [0.15, 0.2) is 18.2 Å². The average Bonchev–Trinajstić information content (AvgIpc) is 2.89. The predicted octanol–water partition coefficient (Wildman–Crippen LogP) is 2.79. The summed E-state index contributed by atoms with van der Waals surface area (Å²) in [4.78, 5) is 0. The van der Waals surface area contributed by atoms with Crippen molar-refractivity contribution in [3.63, 3.8) is 0 Å². The van der Waals surface area contributed by atoms with Crippen molar-refractivity contribution in [3.8, 4) is 0 Å². The normalized spacial score (nSPS) is 28.2. The molecule has 0 radical (unpaired) electrons. The van der Waals surface area contributed by atoms with Crippen LogP contribution >= 0.6 is 24.0 Å². The fourth-order valence-electron chi connectivity index (χ4n) is 3.63. The Kier molecular flexibility index (Phi) is 5.95. The van der Waals surface area contributed by atoms with E-state index in [1.54, 1.807) is 4.31 Å². The lowest BCUT2D eigenvalue weighted by Gasteiger charge is -2.29. The van der Waals surface area contributed by atoms with Gasteiger partial charge in [0, 0.05) is 19.1 Å². The Balaban J connectivity index is 0.00000192. The molecule has 0 spiro atoms. The molecule has 3 unspecified atom stereocenters. The van der Waals surface area contributed by atoms with Gasteiger partial charge in [0.05, 0.1) is 10.8 Å². The Bertz CT molecular complexity index is 671. The number of benzene rings is 1.